The third-order valence-electron chi connectivity index (χ3n) is 6.46. The van der Waals surface area contributed by atoms with E-state index in [2.05, 4.69) is 67.4 Å². The number of imidazole rings is 1. The van der Waals surface area contributed by atoms with Gasteiger partial charge in [0.2, 0.25) is 11.9 Å². The van der Waals surface area contributed by atoms with Crippen LogP contribution >= 0.6 is 31.9 Å². The van der Waals surface area contributed by atoms with E-state index in [0.29, 0.717) is 24.3 Å². The first-order chi connectivity index (χ1) is 18.7. The predicted molar refractivity (Wildman–Crippen MR) is 160 cm³/mol. The number of rotatable bonds is 5. The van der Waals surface area contributed by atoms with Crippen molar-refractivity contribution in [2.45, 2.75) is 20.4 Å². The third kappa shape index (κ3) is 4.92. The highest BCUT2D eigenvalue weighted by atomic mass is 79.9. The van der Waals surface area contributed by atoms with Gasteiger partial charge in [-0.3, -0.25) is 14.8 Å². The van der Waals surface area contributed by atoms with Crippen molar-refractivity contribution < 1.29 is 4.79 Å². The summed E-state index contributed by atoms with van der Waals surface area (Å²) in [4.78, 5) is 38.1. The molecule has 1 aliphatic rings. The Morgan fingerprint density at radius 3 is 2.51 bits per heavy atom. The highest BCUT2D eigenvalue weighted by Gasteiger charge is 2.31. The van der Waals surface area contributed by atoms with Crippen LogP contribution in [0.4, 0.5) is 39.6 Å². The number of carbonyl (C=O) groups is 1. The van der Waals surface area contributed by atoms with E-state index < -0.39 is 0 Å². The molecule has 0 saturated carbocycles. The molecular weight excluding hydrogens is 626 g/mol. The molecule has 10 nitrogen and oxygen atoms in total. The Labute approximate surface area is 241 Å². The van der Waals surface area contributed by atoms with Gasteiger partial charge in [0.15, 0.2) is 0 Å². The molecule has 6 rings (SSSR count). The number of hydrogen-bond acceptors (Lipinski definition) is 7. The van der Waals surface area contributed by atoms with Gasteiger partial charge < -0.3 is 15.6 Å². The number of hydrogen-bond donors (Lipinski definition) is 3. The summed E-state index contributed by atoms with van der Waals surface area (Å²) in [6.45, 7) is 4.26. The monoisotopic (exact) mass is 647 g/mol. The first-order valence-electron chi connectivity index (χ1n) is 12.1. The van der Waals surface area contributed by atoms with Crippen molar-refractivity contribution in [2.75, 3.05) is 27.5 Å². The molecule has 2 amide bonds. The van der Waals surface area contributed by atoms with Gasteiger partial charge in [-0.05, 0) is 87.7 Å². The molecule has 0 atom stereocenters. The number of pyridine rings is 1. The van der Waals surface area contributed by atoms with Crippen LogP contribution in [0.5, 0.6) is 0 Å². The Bertz CT molecular complexity index is 1700. The number of aromatic nitrogens is 5. The molecule has 3 N–H and O–H groups in total. The topological polar surface area (TPSA) is 115 Å². The normalized spacial score (nSPS) is 13.1. The van der Waals surface area contributed by atoms with E-state index in [-0.39, 0.29) is 6.03 Å². The molecule has 0 radical (unpaired) electrons. The van der Waals surface area contributed by atoms with E-state index >= 15 is 0 Å². The molecule has 196 valence electrons. The predicted octanol–water partition coefficient (Wildman–Crippen LogP) is 6.95. The Morgan fingerprint density at radius 1 is 0.923 bits per heavy atom. The minimum atomic E-state index is -0.178. The van der Waals surface area contributed by atoms with Crippen molar-refractivity contribution in [3.63, 3.8) is 0 Å². The second-order valence-electron chi connectivity index (χ2n) is 9.28. The summed E-state index contributed by atoms with van der Waals surface area (Å²) in [5, 5.41) is 6.49. The number of benzene rings is 2. The summed E-state index contributed by atoms with van der Waals surface area (Å²) >= 11 is 7.05. The third-order valence-corrected chi connectivity index (χ3v) is 8.30. The summed E-state index contributed by atoms with van der Waals surface area (Å²) < 4.78 is 1.87. The number of urea groups is 1. The van der Waals surface area contributed by atoms with Crippen LogP contribution in [-0.2, 0) is 6.54 Å². The van der Waals surface area contributed by atoms with Crippen molar-refractivity contribution in [2.24, 2.45) is 0 Å². The highest BCUT2D eigenvalue weighted by Crippen LogP contribution is 2.34. The van der Waals surface area contributed by atoms with Crippen molar-refractivity contribution in [1.29, 1.82) is 0 Å². The average molecular weight is 649 g/mol. The maximum absolute atomic E-state index is 13.5. The fraction of sp³-hybridized carbons (Fsp3) is 0.148. The second kappa shape index (κ2) is 9.93. The molecule has 0 fully saturated rings. The number of anilines is 6. The number of H-pyrrole nitrogens is 1. The van der Waals surface area contributed by atoms with Crippen LogP contribution in [0.1, 0.15) is 16.8 Å². The number of fused-ring (bicyclic) bond motifs is 2. The minimum absolute atomic E-state index is 0.178. The molecule has 0 spiro atoms. The number of aromatic amines is 1. The molecule has 4 heterocycles. The van der Waals surface area contributed by atoms with Crippen LogP contribution in [-0.4, -0.2) is 38.0 Å². The number of nitrogens with one attached hydrogen (secondary N) is 3. The van der Waals surface area contributed by atoms with Gasteiger partial charge >= 0.3 is 6.03 Å². The Morgan fingerprint density at radius 2 is 1.72 bits per heavy atom. The number of halogens is 2. The lowest BCUT2D eigenvalue weighted by molar-refractivity contribution is 0.251. The minimum Gasteiger partial charge on any atom is -0.326 e. The molecular formula is C27H23Br2N9O. The van der Waals surface area contributed by atoms with Crippen molar-refractivity contribution in [3.8, 4) is 0 Å². The van der Waals surface area contributed by atoms with Crippen molar-refractivity contribution in [3.05, 3.63) is 80.6 Å². The highest BCUT2D eigenvalue weighted by molar-refractivity contribution is 9.13. The largest absolute Gasteiger partial charge is 0.330 e. The molecule has 2 aromatic carbocycles. The van der Waals surface area contributed by atoms with Gasteiger partial charge in [-0.2, -0.15) is 4.98 Å². The fourth-order valence-electron chi connectivity index (χ4n) is 4.41. The van der Waals surface area contributed by atoms with Gasteiger partial charge in [0.05, 0.1) is 35.1 Å². The SMILES string of the molecule is Cc1ccc(Nc2ncc3c(n2)N(C)C(=O)N(c2cc(Nc4nc5cc(Br)c(Br)cc5[nH]4)ccc2C)C3)cn1. The summed E-state index contributed by atoms with van der Waals surface area (Å²) in [7, 11) is 1.72. The molecule has 0 unspecified atom stereocenters. The van der Waals surface area contributed by atoms with Gasteiger partial charge in [-0.15, -0.1) is 0 Å². The van der Waals surface area contributed by atoms with Crippen LogP contribution in [0.25, 0.3) is 11.0 Å². The standard InChI is InChI=1S/C27H23Br2N9O/c1-14-4-6-17(32-26-34-21-9-19(28)20(29)10-22(21)35-26)8-23(14)38-13-16-11-31-25(36-24(16)37(3)27(38)39)33-18-7-5-15(2)30-12-18/h4-12H,13H2,1-3H3,(H,31,33,36)(H2,32,34,35). The number of carbonyl (C=O) groups excluding carboxylic acids is 1. The van der Waals surface area contributed by atoms with E-state index in [1.165, 1.54) is 0 Å². The number of amides is 2. The van der Waals surface area contributed by atoms with Gasteiger partial charge in [-0.25, -0.2) is 14.8 Å². The average Bonchev–Trinajstić information content (AvgIpc) is 3.30. The zero-order valence-electron chi connectivity index (χ0n) is 21.3. The molecule has 12 heteroatoms. The van der Waals surface area contributed by atoms with Crippen LogP contribution in [0, 0.1) is 13.8 Å². The fourth-order valence-corrected chi connectivity index (χ4v) is 5.08. The maximum atomic E-state index is 13.5. The molecule has 0 saturated heterocycles. The quantitative estimate of drug-likeness (QED) is 0.189. The smallest absolute Gasteiger partial charge is 0.326 e. The lowest BCUT2D eigenvalue weighted by Crippen LogP contribution is -2.46. The lowest BCUT2D eigenvalue weighted by Gasteiger charge is -2.35. The Balaban J connectivity index is 1.26. The van der Waals surface area contributed by atoms with Crippen LogP contribution in [0.15, 0.2) is 63.8 Å². The lowest BCUT2D eigenvalue weighted by atomic mass is 10.1. The van der Waals surface area contributed by atoms with Crippen LogP contribution in [0.3, 0.4) is 0 Å². The molecule has 5 aromatic rings. The van der Waals surface area contributed by atoms with E-state index in [4.69, 9.17) is 0 Å². The van der Waals surface area contributed by atoms with E-state index in [0.717, 1.165) is 53.9 Å². The van der Waals surface area contributed by atoms with Crippen LogP contribution in [0.2, 0.25) is 0 Å². The zero-order chi connectivity index (χ0) is 27.3. The van der Waals surface area contributed by atoms with Crippen LogP contribution < -0.4 is 20.4 Å². The molecule has 3 aromatic heterocycles. The van der Waals surface area contributed by atoms with Gasteiger partial charge in [-0.1, -0.05) is 6.07 Å². The zero-order valence-corrected chi connectivity index (χ0v) is 24.4. The number of nitrogens with zero attached hydrogens (tertiary/aromatic N) is 6. The van der Waals surface area contributed by atoms with Crippen molar-refractivity contribution >= 4 is 83.7 Å². The number of aryl methyl sites for hydroxylation is 2. The Kier molecular flexibility index (Phi) is 6.43. The second-order valence-corrected chi connectivity index (χ2v) is 11.0. The van der Waals surface area contributed by atoms with E-state index in [1.54, 1.807) is 29.2 Å². The molecule has 39 heavy (non-hydrogen) atoms. The summed E-state index contributed by atoms with van der Waals surface area (Å²) in [6.07, 6.45) is 3.48. The maximum Gasteiger partial charge on any atom is 0.330 e. The summed E-state index contributed by atoms with van der Waals surface area (Å²) in [5.74, 6) is 1.58. The molecule has 0 aliphatic carbocycles. The van der Waals surface area contributed by atoms with E-state index in [9.17, 15) is 4.79 Å². The Hall–Kier alpha value is -4.03. The van der Waals surface area contributed by atoms with Gasteiger partial charge in [0, 0.05) is 39.1 Å². The molecule has 0 bridgehead atoms. The van der Waals surface area contributed by atoms with Gasteiger partial charge in [0.25, 0.3) is 0 Å². The summed E-state index contributed by atoms with van der Waals surface area (Å²) in [6, 6.07) is 13.5. The summed E-state index contributed by atoms with van der Waals surface area (Å²) in [5.41, 5.74) is 6.83. The van der Waals surface area contributed by atoms with Gasteiger partial charge in [0.1, 0.15) is 5.82 Å². The van der Waals surface area contributed by atoms with Crippen molar-refractivity contribution in [1.82, 2.24) is 24.9 Å². The first kappa shape index (κ1) is 25.3. The first-order valence-corrected chi connectivity index (χ1v) is 13.7. The van der Waals surface area contributed by atoms with E-state index in [1.807, 2.05) is 56.3 Å². The molecule has 1 aliphatic heterocycles.